The second kappa shape index (κ2) is 9.32. The average molecular weight is 436 g/mol. The van der Waals surface area contributed by atoms with Gasteiger partial charge in [0.15, 0.2) is 0 Å². The Morgan fingerprint density at radius 3 is 2.56 bits per heavy atom. The predicted octanol–water partition coefficient (Wildman–Crippen LogP) is 2.52. The zero-order chi connectivity index (χ0) is 22.7. The third-order valence-corrected chi connectivity index (χ3v) is 5.37. The Bertz CT molecular complexity index is 1140. The molecule has 1 aliphatic rings. The topological polar surface area (TPSA) is 70.5 Å². The van der Waals surface area contributed by atoms with Crippen LogP contribution in [0.4, 0.5) is 4.39 Å². The van der Waals surface area contributed by atoms with Crippen LogP contribution in [0.3, 0.4) is 0 Å². The first-order valence-corrected chi connectivity index (χ1v) is 10.5. The lowest BCUT2D eigenvalue weighted by Crippen LogP contribution is -2.38. The van der Waals surface area contributed by atoms with Crippen LogP contribution in [-0.2, 0) is 24.4 Å². The van der Waals surface area contributed by atoms with E-state index in [0.717, 1.165) is 11.3 Å². The summed E-state index contributed by atoms with van der Waals surface area (Å²) in [5, 5.41) is 7.43. The summed E-state index contributed by atoms with van der Waals surface area (Å²) in [5.74, 6) is -0.662. The molecule has 0 spiro atoms. The van der Waals surface area contributed by atoms with Crippen LogP contribution in [0.5, 0.6) is 0 Å². The van der Waals surface area contributed by atoms with Crippen LogP contribution in [0, 0.1) is 5.82 Å². The van der Waals surface area contributed by atoms with Crippen molar-refractivity contribution in [1.82, 2.24) is 24.9 Å². The lowest BCUT2D eigenvalue weighted by Gasteiger charge is -2.16. The van der Waals surface area contributed by atoms with Crippen LogP contribution < -0.4 is 5.32 Å². The largest absolute Gasteiger partial charge is 0.353 e. The maximum atomic E-state index is 14.2. The molecule has 1 N–H and O–H groups in total. The number of halogens is 1. The lowest BCUT2D eigenvalue weighted by atomic mass is 10.1. The minimum absolute atomic E-state index is 0.0116. The Labute approximate surface area is 186 Å². The summed E-state index contributed by atoms with van der Waals surface area (Å²) in [5.41, 5.74) is 3.53. The number of rotatable bonds is 8. The molecule has 0 fully saturated rings. The second-order valence-corrected chi connectivity index (χ2v) is 8.13. The summed E-state index contributed by atoms with van der Waals surface area (Å²) in [7, 11) is 3.90. The van der Waals surface area contributed by atoms with E-state index in [1.165, 1.54) is 6.07 Å². The molecule has 1 aromatic heterocycles. The molecule has 0 saturated carbocycles. The van der Waals surface area contributed by atoms with Crippen molar-refractivity contribution in [3.63, 3.8) is 0 Å². The molecule has 0 atom stereocenters. The average Bonchev–Trinajstić information content (AvgIpc) is 3.29. The number of aromatic nitrogens is 2. The number of nitrogens with zero attached hydrogens (tertiary/aromatic N) is 4. The molecule has 1 aliphatic heterocycles. The molecule has 0 aliphatic carbocycles. The minimum atomic E-state index is -0.321. The lowest BCUT2D eigenvalue weighted by molar-refractivity contribution is -0.121. The molecule has 32 heavy (non-hydrogen) atoms. The van der Waals surface area contributed by atoms with Crippen LogP contribution in [-0.4, -0.2) is 58.6 Å². The zero-order valence-electron chi connectivity index (χ0n) is 18.2. The van der Waals surface area contributed by atoms with Gasteiger partial charge in [-0.3, -0.25) is 14.3 Å². The fraction of sp³-hybridized carbons (Fsp3) is 0.292. The highest BCUT2D eigenvalue weighted by molar-refractivity contribution is 6.00. The van der Waals surface area contributed by atoms with Crippen LogP contribution in [0.2, 0.25) is 0 Å². The summed E-state index contributed by atoms with van der Waals surface area (Å²) in [6.45, 7) is 1.89. The van der Waals surface area contributed by atoms with Crippen LogP contribution >= 0.6 is 0 Å². The molecule has 0 bridgehead atoms. The van der Waals surface area contributed by atoms with Crippen molar-refractivity contribution in [2.45, 2.75) is 19.6 Å². The van der Waals surface area contributed by atoms with Crippen molar-refractivity contribution in [3.05, 3.63) is 77.2 Å². The third kappa shape index (κ3) is 4.70. The summed E-state index contributed by atoms with van der Waals surface area (Å²) in [6.07, 6.45) is 0. The molecular formula is C24H26FN5O2. The van der Waals surface area contributed by atoms with Gasteiger partial charge in [-0.15, -0.1) is 0 Å². The fourth-order valence-electron chi connectivity index (χ4n) is 3.87. The number of carbonyl (C=O) groups is 2. The van der Waals surface area contributed by atoms with Gasteiger partial charge >= 0.3 is 0 Å². The molecule has 0 saturated heterocycles. The van der Waals surface area contributed by atoms with Gasteiger partial charge in [0.1, 0.15) is 12.4 Å². The first-order chi connectivity index (χ1) is 15.4. The normalized spacial score (nSPS) is 13.0. The summed E-state index contributed by atoms with van der Waals surface area (Å²) in [4.78, 5) is 28.4. The van der Waals surface area contributed by atoms with Gasteiger partial charge in [0.25, 0.3) is 5.91 Å². The van der Waals surface area contributed by atoms with Crippen LogP contribution in [0.1, 0.15) is 21.6 Å². The fourth-order valence-corrected chi connectivity index (χ4v) is 3.87. The highest BCUT2D eigenvalue weighted by atomic mass is 19.1. The number of hydrogen-bond donors (Lipinski definition) is 1. The standard InChI is InChI=1S/C24H26FN5O2/c1-28(2)15-18-13-22(20-9-5-6-10-21(20)25)27-30(18)12-11-26-23(31)16-29-14-17-7-3-4-8-19(17)24(29)32/h3-10,13H,11-12,14-16H2,1-2H3,(H,26,31). The predicted molar refractivity (Wildman–Crippen MR) is 119 cm³/mol. The van der Waals surface area contributed by atoms with Crippen molar-refractivity contribution in [3.8, 4) is 11.3 Å². The minimum Gasteiger partial charge on any atom is -0.353 e. The van der Waals surface area contributed by atoms with Crippen molar-refractivity contribution in [2.24, 2.45) is 0 Å². The summed E-state index contributed by atoms with van der Waals surface area (Å²) >= 11 is 0. The Balaban J connectivity index is 1.37. The molecule has 2 amide bonds. The van der Waals surface area contributed by atoms with E-state index in [9.17, 15) is 14.0 Å². The van der Waals surface area contributed by atoms with Gasteiger partial charge in [0.05, 0.1) is 17.9 Å². The molecule has 7 nitrogen and oxygen atoms in total. The highest BCUT2D eigenvalue weighted by Gasteiger charge is 2.28. The van der Waals surface area contributed by atoms with Crippen molar-refractivity contribution >= 4 is 11.8 Å². The van der Waals surface area contributed by atoms with E-state index in [-0.39, 0.29) is 24.2 Å². The maximum absolute atomic E-state index is 14.2. The quantitative estimate of drug-likeness (QED) is 0.590. The van der Waals surface area contributed by atoms with Crippen molar-refractivity contribution in [2.75, 3.05) is 27.2 Å². The molecule has 3 aromatic rings. The van der Waals surface area contributed by atoms with Gasteiger partial charge in [-0.1, -0.05) is 30.3 Å². The molecule has 2 aromatic carbocycles. The molecular weight excluding hydrogens is 409 g/mol. The smallest absolute Gasteiger partial charge is 0.254 e. The molecule has 0 unspecified atom stereocenters. The first kappa shape index (κ1) is 21.7. The van der Waals surface area contributed by atoms with E-state index in [2.05, 4.69) is 10.4 Å². The van der Waals surface area contributed by atoms with E-state index < -0.39 is 0 Å². The van der Waals surface area contributed by atoms with Gasteiger partial charge in [-0.2, -0.15) is 5.10 Å². The first-order valence-electron chi connectivity index (χ1n) is 10.5. The Hall–Kier alpha value is -3.52. The van der Waals surface area contributed by atoms with E-state index >= 15 is 0 Å². The van der Waals surface area contributed by atoms with E-state index in [1.807, 2.05) is 43.3 Å². The van der Waals surface area contributed by atoms with Crippen LogP contribution in [0.15, 0.2) is 54.6 Å². The Morgan fingerprint density at radius 1 is 1.12 bits per heavy atom. The van der Waals surface area contributed by atoms with Gasteiger partial charge in [0, 0.05) is 30.8 Å². The highest BCUT2D eigenvalue weighted by Crippen LogP contribution is 2.23. The molecule has 4 rings (SSSR count). The van der Waals surface area contributed by atoms with Gasteiger partial charge in [-0.05, 0) is 43.9 Å². The third-order valence-electron chi connectivity index (χ3n) is 5.37. The van der Waals surface area contributed by atoms with E-state index in [1.54, 1.807) is 33.8 Å². The second-order valence-electron chi connectivity index (χ2n) is 8.13. The maximum Gasteiger partial charge on any atom is 0.254 e. The number of carbonyl (C=O) groups excluding carboxylic acids is 2. The van der Waals surface area contributed by atoms with Crippen molar-refractivity contribution in [1.29, 1.82) is 0 Å². The Morgan fingerprint density at radius 2 is 1.84 bits per heavy atom. The molecule has 8 heteroatoms. The van der Waals surface area contributed by atoms with E-state index in [4.69, 9.17) is 0 Å². The number of benzene rings is 2. The number of hydrogen-bond acceptors (Lipinski definition) is 4. The SMILES string of the molecule is CN(C)Cc1cc(-c2ccccc2F)nn1CCNC(=O)CN1Cc2ccccc2C1=O. The number of amides is 2. The van der Waals surface area contributed by atoms with Gasteiger partial charge in [0.2, 0.25) is 5.91 Å². The van der Waals surface area contributed by atoms with Crippen LogP contribution in [0.25, 0.3) is 11.3 Å². The molecule has 0 radical (unpaired) electrons. The number of fused-ring (bicyclic) bond motifs is 1. The van der Waals surface area contributed by atoms with E-state index in [0.29, 0.717) is 43.0 Å². The number of nitrogens with one attached hydrogen (secondary N) is 1. The molecule has 166 valence electrons. The summed E-state index contributed by atoms with van der Waals surface area (Å²) < 4.78 is 16.0. The van der Waals surface area contributed by atoms with Gasteiger partial charge < -0.3 is 15.1 Å². The summed E-state index contributed by atoms with van der Waals surface area (Å²) in [6, 6.07) is 15.8. The zero-order valence-corrected chi connectivity index (χ0v) is 18.2. The monoisotopic (exact) mass is 435 g/mol. The molecule has 2 heterocycles. The Kier molecular flexibility index (Phi) is 6.32. The van der Waals surface area contributed by atoms with Crippen molar-refractivity contribution < 1.29 is 14.0 Å². The van der Waals surface area contributed by atoms with Gasteiger partial charge in [-0.25, -0.2) is 4.39 Å².